The van der Waals surface area contributed by atoms with Crippen LogP contribution in [-0.2, 0) is 6.54 Å². The van der Waals surface area contributed by atoms with Gasteiger partial charge in [-0.15, -0.1) is 0 Å². The Morgan fingerprint density at radius 3 is 2.72 bits per heavy atom. The van der Waals surface area contributed by atoms with E-state index in [0.717, 1.165) is 17.0 Å². The molecule has 0 spiro atoms. The molecule has 1 fully saturated rings. The summed E-state index contributed by atoms with van der Waals surface area (Å²) in [6.07, 6.45) is 6.75. The van der Waals surface area contributed by atoms with Gasteiger partial charge < -0.3 is 5.32 Å². The van der Waals surface area contributed by atoms with E-state index in [9.17, 15) is 4.39 Å². The summed E-state index contributed by atoms with van der Waals surface area (Å²) in [5, 5.41) is 3.50. The van der Waals surface area contributed by atoms with Crippen molar-refractivity contribution in [2.45, 2.75) is 58.5 Å². The molecule has 0 aromatic heterocycles. The van der Waals surface area contributed by atoms with Crippen LogP contribution in [0.3, 0.4) is 0 Å². The average molecular weight is 249 g/mol. The van der Waals surface area contributed by atoms with Gasteiger partial charge in [0.15, 0.2) is 0 Å². The van der Waals surface area contributed by atoms with Crippen LogP contribution in [0, 0.1) is 18.7 Å². The predicted molar refractivity (Wildman–Crippen MR) is 74.0 cm³/mol. The number of hydrogen-bond acceptors (Lipinski definition) is 1. The molecule has 0 aliphatic heterocycles. The highest BCUT2D eigenvalue weighted by Gasteiger charge is 2.19. The highest BCUT2D eigenvalue weighted by Crippen LogP contribution is 2.26. The van der Waals surface area contributed by atoms with Crippen molar-refractivity contribution < 1.29 is 4.39 Å². The van der Waals surface area contributed by atoms with Gasteiger partial charge in [0.25, 0.3) is 0 Å². The first-order valence-electron chi connectivity index (χ1n) is 7.15. The number of benzene rings is 1. The van der Waals surface area contributed by atoms with Gasteiger partial charge >= 0.3 is 0 Å². The van der Waals surface area contributed by atoms with E-state index in [-0.39, 0.29) is 5.82 Å². The molecule has 100 valence electrons. The summed E-state index contributed by atoms with van der Waals surface area (Å²) in [6.45, 7) is 4.89. The Balaban J connectivity index is 1.88. The maximum Gasteiger partial charge on any atom is 0.127 e. The fourth-order valence-electron chi connectivity index (χ4n) is 2.91. The third-order valence-electron chi connectivity index (χ3n) is 4.17. The molecule has 0 heterocycles. The Hall–Kier alpha value is -0.890. The number of hydrogen-bond donors (Lipinski definition) is 1. The van der Waals surface area contributed by atoms with Gasteiger partial charge in [-0.2, -0.15) is 0 Å². The number of halogens is 1. The summed E-state index contributed by atoms with van der Waals surface area (Å²) in [4.78, 5) is 0. The maximum absolute atomic E-state index is 13.6. The summed E-state index contributed by atoms with van der Waals surface area (Å²) in [6, 6.07) is 5.82. The number of nitrogens with one attached hydrogen (secondary N) is 1. The van der Waals surface area contributed by atoms with E-state index in [1.54, 1.807) is 6.07 Å². The van der Waals surface area contributed by atoms with E-state index < -0.39 is 0 Å². The van der Waals surface area contributed by atoms with Gasteiger partial charge in [-0.05, 0) is 38.7 Å². The molecule has 0 bridgehead atoms. The molecule has 1 atom stereocenters. The zero-order valence-electron chi connectivity index (χ0n) is 11.5. The van der Waals surface area contributed by atoms with E-state index in [1.165, 1.54) is 32.1 Å². The first-order chi connectivity index (χ1) is 8.66. The van der Waals surface area contributed by atoms with Crippen LogP contribution in [-0.4, -0.2) is 6.04 Å². The fraction of sp³-hybridized carbons (Fsp3) is 0.625. The molecule has 18 heavy (non-hydrogen) atoms. The van der Waals surface area contributed by atoms with Crippen molar-refractivity contribution in [3.63, 3.8) is 0 Å². The minimum Gasteiger partial charge on any atom is -0.310 e. The lowest BCUT2D eigenvalue weighted by Crippen LogP contribution is -2.34. The minimum absolute atomic E-state index is 0.0936. The molecular weight excluding hydrogens is 225 g/mol. The van der Waals surface area contributed by atoms with Crippen LogP contribution in [0.2, 0.25) is 0 Å². The van der Waals surface area contributed by atoms with Gasteiger partial charge in [0.1, 0.15) is 5.82 Å². The molecule has 0 amide bonds. The average Bonchev–Trinajstić information content (AvgIpc) is 2.40. The van der Waals surface area contributed by atoms with Gasteiger partial charge in [0.05, 0.1) is 0 Å². The molecule has 2 heteroatoms. The van der Waals surface area contributed by atoms with E-state index in [2.05, 4.69) is 12.2 Å². The van der Waals surface area contributed by atoms with Crippen molar-refractivity contribution in [3.05, 3.63) is 35.1 Å². The zero-order chi connectivity index (χ0) is 13.0. The van der Waals surface area contributed by atoms with Crippen LogP contribution in [0.25, 0.3) is 0 Å². The standard InChI is InChI=1S/C16H24FN/c1-12-8-9-16(17)15(10-12)11-18-13(2)14-6-4-3-5-7-14/h8-10,13-14,18H,3-7,11H2,1-2H3/t13-/m0/s1. The Morgan fingerprint density at radius 1 is 1.28 bits per heavy atom. The van der Waals surface area contributed by atoms with E-state index in [1.807, 2.05) is 19.1 Å². The second kappa shape index (κ2) is 6.33. The fourth-order valence-corrected chi connectivity index (χ4v) is 2.91. The molecule has 1 aliphatic carbocycles. The Morgan fingerprint density at radius 2 is 2.00 bits per heavy atom. The Bertz CT molecular complexity index is 383. The van der Waals surface area contributed by atoms with Crippen LogP contribution in [0.1, 0.15) is 50.2 Å². The summed E-state index contributed by atoms with van der Waals surface area (Å²) >= 11 is 0. The lowest BCUT2D eigenvalue weighted by atomic mass is 9.84. The summed E-state index contributed by atoms with van der Waals surface area (Å²) in [5.41, 5.74) is 1.91. The molecule has 2 rings (SSSR count). The molecule has 1 saturated carbocycles. The smallest absolute Gasteiger partial charge is 0.127 e. The molecule has 1 N–H and O–H groups in total. The Labute approximate surface area is 110 Å². The monoisotopic (exact) mass is 249 g/mol. The van der Waals surface area contributed by atoms with Gasteiger partial charge in [-0.3, -0.25) is 0 Å². The van der Waals surface area contributed by atoms with Crippen molar-refractivity contribution in [3.8, 4) is 0 Å². The topological polar surface area (TPSA) is 12.0 Å². The SMILES string of the molecule is Cc1ccc(F)c(CN[C@@H](C)C2CCCCC2)c1. The van der Waals surface area contributed by atoms with Crippen LogP contribution >= 0.6 is 0 Å². The Kier molecular flexibility index (Phi) is 4.76. The molecule has 1 aliphatic rings. The van der Waals surface area contributed by atoms with Crippen molar-refractivity contribution in [2.75, 3.05) is 0 Å². The van der Waals surface area contributed by atoms with Gasteiger partial charge in [0.2, 0.25) is 0 Å². The molecule has 0 saturated heterocycles. The quantitative estimate of drug-likeness (QED) is 0.843. The normalized spacial score (nSPS) is 18.8. The molecule has 1 nitrogen and oxygen atoms in total. The van der Waals surface area contributed by atoms with Crippen molar-refractivity contribution in [2.24, 2.45) is 5.92 Å². The van der Waals surface area contributed by atoms with E-state index in [4.69, 9.17) is 0 Å². The van der Waals surface area contributed by atoms with Gasteiger partial charge in [-0.25, -0.2) is 4.39 Å². The second-order valence-electron chi connectivity index (χ2n) is 5.66. The molecule has 1 aromatic rings. The lowest BCUT2D eigenvalue weighted by molar-refractivity contribution is 0.280. The number of aryl methyl sites for hydroxylation is 1. The first-order valence-corrected chi connectivity index (χ1v) is 7.15. The van der Waals surface area contributed by atoms with Gasteiger partial charge in [0, 0.05) is 18.2 Å². The summed E-state index contributed by atoms with van der Waals surface area (Å²) in [5.74, 6) is 0.676. The largest absolute Gasteiger partial charge is 0.310 e. The highest BCUT2D eigenvalue weighted by atomic mass is 19.1. The van der Waals surface area contributed by atoms with Gasteiger partial charge in [-0.1, -0.05) is 37.0 Å². The third kappa shape index (κ3) is 3.55. The molecule has 0 radical (unpaired) electrons. The molecular formula is C16H24FN. The van der Waals surface area contributed by atoms with Crippen molar-refractivity contribution >= 4 is 0 Å². The lowest BCUT2D eigenvalue weighted by Gasteiger charge is -2.28. The second-order valence-corrected chi connectivity index (χ2v) is 5.66. The molecule has 0 unspecified atom stereocenters. The minimum atomic E-state index is -0.0936. The van der Waals surface area contributed by atoms with Crippen LogP contribution in [0.15, 0.2) is 18.2 Å². The highest BCUT2D eigenvalue weighted by molar-refractivity contribution is 5.23. The summed E-state index contributed by atoms with van der Waals surface area (Å²) < 4.78 is 13.6. The van der Waals surface area contributed by atoms with Crippen molar-refractivity contribution in [1.29, 1.82) is 0 Å². The van der Waals surface area contributed by atoms with Crippen LogP contribution in [0.4, 0.5) is 4.39 Å². The van der Waals surface area contributed by atoms with Crippen LogP contribution < -0.4 is 5.32 Å². The zero-order valence-corrected chi connectivity index (χ0v) is 11.5. The van der Waals surface area contributed by atoms with Crippen LogP contribution in [0.5, 0.6) is 0 Å². The number of rotatable bonds is 4. The summed E-state index contributed by atoms with van der Waals surface area (Å²) in [7, 11) is 0. The van der Waals surface area contributed by atoms with E-state index >= 15 is 0 Å². The molecule has 1 aromatic carbocycles. The first kappa shape index (κ1) is 13.5. The van der Waals surface area contributed by atoms with E-state index in [0.29, 0.717) is 12.6 Å². The third-order valence-corrected chi connectivity index (χ3v) is 4.17. The predicted octanol–water partition coefficient (Wildman–Crippen LogP) is 4.19. The maximum atomic E-state index is 13.6. The van der Waals surface area contributed by atoms with Crippen molar-refractivity contribution in [1.82, 2.24) is 5.32 Å².